The van der Waals surface area contributed by atoms with Crippen LogP contribution in [0, 0.1) is 0 Å². The van der Waals surface area contributed by atoms with Gasteiger partial charge in [-0.25, -0.2) is 0 Å². The van der Waals surface area contributed by atoms with Crippen LogP contribution < -0.4 is 9.64 Å². The number of nitrogens with zero attached hydrogens (tertiary/aromatic N) is 1. The lowest BCUT2D eigenvalue weighted by molar-refractivity contribution is -0.120. The summed E-state index contributed by atoms with van der Waals surface area (Å²) in [6.45, 7) is 0. The van der Waals surface area contributed by atoms with Gasteiger partial charge in [0.15, 0.2) is 0 Å². The Morgan fingerprint density at radius 2 is 1.94 bits per heavy atom. The Balaban J connectivity index is 1.91. The predicted octanol–water partition coefficient (Wildman–Crippen LogP) is 3.16. The van der Waals surface area contributed by atoms with Crippen molar-refractivity contribution in [2.24, 2.45) is 0 Å². The number of hydrogen-bond donors (Lipinski definition) is 0. The van der Waals surface area contributed by atoms with Gasteiger partial charge in [0, 0.05) is 30.6 Å². The highest BCUT2D eigenvalue weighted by molar-refractivity contribution is 9.10. The summed E-state index contributed by atoms with van der Waals surface area (Å²) in [6.07, 6.45) is 3.69. The first-order valence-electron chi connectivity index (χ1n) is 6.32. The van der Waals surface area contributed by atoms with Gasteiger partial charge < -0.3 is 9.64 Å². The molecular weight excluding hydrogens is 294 g/mol. The second-order valence-corrected chi connectivity index (χ2v) is 5.91. The van der Waals surface area contributed by atoms with Crippen molar-refractivity contribution < 1.29 is 9.53 Å². The summed E-state index contributed by atoms with van der Waals surface area (Å²) in [6, 6.07) is 6.97. The fraction of sp³-hybridized carbons (Fsp3) is 0.500. The average Bonchev–Trinajstić information content (AvgIpc) is 2.61. The van der Waals surface area contributed by atoms with E-state index in [-0.39, 0.29) is 0 Å². The number of Topliss-reactive ketones (excluding diaryl/α,β-unsaturated/α-hetero) is 1. The van der Waals surface area contributed by atoms with E-state index in [1.165, 1.54) is 5.69 Å². The van der Waals surface area contributed by atoms with E-state index in [0.717, 1.165) is 23.1 Å². The van der Waals surface area contributed by atoms with Crippen molar-refractivity contribution in [3.8, 4) is 5.75 Å². The van der Waals surface area contributed by atoms with Crippen LogP contribution in [0.5, 0.6) is 5.75 Å². The summed E-state index contributed by atoms with van der Waals surface area (Å²) in [5, 5.41) is 0. The maximum absolute atomic E-state index is 11.6. The number of ether oxygens (including phenoxy) is 1. The molecule has 3 nitrogen and oxygen atoms in total. The Labute approximate surface area is 115 Å². The van der Waals surface area contributed by atoms with Crippen molar-refractivity contribution in [1.82, 2.24) is 0 Å². The van der Waals surface area contributed by atoms with Crippen LogP contribution in [0.2, 0.25) is 0 Å². The number of hydrogen-bond acceptors (Lipinski definition) is 3. The first-order valence-corrected chi connectivity index (χ1v) is 7.12. The van der Waals surface area contributed by atoms with Gasteiger partial charge in [-0.15, -0.1) is 0 Å². The van der Waals surface area contributed by atoms with Crippen molar-refractivity contribution in [1.29, 1.82) is 0 Å². The molecule has 0 radical (unpaired) electrons. The van der Waals surface area contributed by atoms with Gasteiger partial charge in [0.05, 0.1) is 11.6 Å². The molecule has 3 rings (SSSR count). The minimum absolute atomic E-state index is 0.400. The molecule has 0 spiro atoms. The Kier molecular flexibility index (Phi) is 3.06. The van der Waals surface area contributed by atoms with Crippen LogP contribution >= 0.6 is 15.9 Å². The lowest BCUT2D eigenvalue weighted by Gasteiger charge is -2.36. The molecule has 0 amide bonds. The Hall–Kier alpha value is -1.03. The maximum atomic E-state index is 11.6. The van der Waals surface area contributed by atoms with E-state index < -0.39 is 0 Å². The van der Waals surface area contributed by atoms with Crippen molar-refractivity contribution in [2.75, 3.05) is 12.0 Å². The highest BCUT2D eigenvalue weighted by Crippen LogP contribution is 2.40. The summed E-state index contributed by atoms with van der Waals surface area (Å²) >= 11 is 3.53. The standard InChI is InChI=1S/C14H16BrNO2/c1-18-14-5-4-11(8-13(14)15)16-9-2-3-10(16)7-12(17)6-9/h4-5,8-10H,2-3,6-7H2,1H3. The van der Waals surface area contributed by atoms with E-state index in [1.54, 1.807) is 7.11 Å². The second kappa shape index (κ2) is 4.57. The largest absolute Gasteiger partial charge is 0.496 e. The number of benzene rings is 1. The van der Waals surface area contributed by atoms with E-state index in [0.29, 0.717) is 30.7 Å². The SMILES string of the molecule is COc1ccc(N2C3CCC2CC(=O)C3)cc1Br. The third-order valence-corrected chi connectivity index (χ3v) is 4.60. The van der Waals surface area contributed by atoms with Crippen LogP contribution in [-0.4, -0.2) is 25.0 Å². The third kappa shape index (κ3) is 1.92. The zero-order valence-electron chi connectivity index (χ0n) is 10.4. The molecule has 96 valence electrons. The molecule has 0 aromatic heterocycles. The molecule has 1 aromatic carbocycles. The first kappa shape index (κ1) is 12.0. The van der Waals surface area contributed by atoms with Crippen LogP contribution in [0.3, 0.4) is 0 Å². The molecule has 18 heavy (non-hydrogen) atoms. The second-order valence-electron chi connectivity index (χ2n) is 5.06. The predicted molar refractivity (Wildman–Crippen MR) is 74.2 cm³/mol. The summed E-state index contributed by atoms with van der Waals surface area (Å²) in [5.41, 5.74) is 1.20. The minimum atomic E-state index is 0.400. The number of methoxy groups -OCH3 is 1. The monoisotopic (exact) mass is 309 g/mol. The number of piperidine rings is 1. The van der Waals surface area contributed by atoms with E-state index in [1.807, 2.05) is 6.07 Å². The lowest BCUT2D eigenvalue weighted by atomic mass is 10.0. The number of fused-ring (bicyclic) bond motifs is 2. The number of carbonyl (C=O) groups excluding carboxylic acids is 1. The number of halogens is 1. The lowest BCUT2D eigenvalue weighted by Crippen LogP contribution is -2.43. The normalized spacial score (nSPS) is 26.6. The Bertz CT molecular complexity index is 473. The molecule has 2 aliphatic heterocycles. The first-order chi connectivity index (χ1) is 8.69. The molecular formula is C14H16BrNO2. The van der Waals surface area contributed by atoms with Gasteiger partial charge in [-0.2, -0.15) is 0 Å². The van der Waals surface area contributed by atoms with Gasteiger partial charge in [-0.1, -0.05) is 0 Å². The van der Waals surface area contributed by atoms with Crippen molar-refractivity contribution in [2.45, 2.75) is 37.8 Å². The number of ketones is 1. The molecule has 2 atom stereocenters. The molecule has 2 heterocycles. The summed E-state index contributed by atoms with van der Waals surface area (Å²) in [7, 11) is 1.67. The van der Waals surface area contributed by atoms with E-state index in [9.17, 15) is 4.79 Å². The molecule has 2 fully saturated rings. The van der Waals surface area contributed by atoms with Gasteiger partial charge >= 0.3 is 0 Å². The summed E-state index contributed by atoms with van der Waals surface area (Å²) in [4.78, 5) is 14.0. The number of anilines is 1. The zero-order valence-corrected chi connectivity index (χ0v) is 11.9. The molecule has 2 aliphatic rings. The van der Waals surface area contributed by atoms with Gasteiger partial charge in [-0.05, 0) is 47.0 Å². The molecule has 2 unspecified atom stereocenters. The average molecular weight is 310 g/mol. The fourth-order valence-electron chi connectivity index (χ4n) is 3.21. The number of carbonyl (C=O) groups is 1. The van der Waals surface area contributed by atoms with Crippen molar-refractivity contribution in [3.05, 3.63) is 22.7 Å². The van der Waals surface area contributed by atoms with Crippen molar-refractivity contribution >= 4 is 27.4 Å². The van der Waals surface area contributed by atoms with Gasteiger partial charge in [0.1, 0.15) is 11.5 Å². The highest BCUT2D eigenvalue weighted by atomic mass is 79.9. The highest BCUT2D eigenvalue weighted by Gasteiger charge is 2.40. The fourth-order valence-corrected chi connectivity index (χ4v) is 3.74. The van der Waals surface area contributed by atoms with Gasteiger partial charge in [-0.3, -0.25) is 4.79 Å². The molecule has 4 heteroatoms. The third-order valence-electron chi connectivity index (χ3n) is 3.98. The van der Waals surface area contributed by atoms with E-state index in [2.05, 4.69) is 33.0 Å². The van der Waals surface area contributed by atoms with E-state index >= 15 is 0 Å². The molecule has 1 aromatic rings. The van der Waals surface area contributed by atoms with Crippen LogP contribution in [0.4, 0.5) is 5.69 Å². The van der Waals surface area contributed by atoms with Crippen LogP contribution in [0.1, 0.15) is 25.7 Å². The summed E-state index contributed by atoms with van der Waals surface area (Å²) in [5.74, 6) is 1.27. The minimum Gasteiger partial charge on any atom is -0.496 e. The van der Waals surface area contributed by atoms with Gasteiger partial charge in [0.2, 0.25) is 0 Å². The molecule has 2 saturated heterocycles. The molecule has 0 aliphatic carbocycles. The molecule has 2 bridgehead atoms. The smallest absolute Gasteiger partial charge is 0.137 e. The van der Waals surface area contributed by atoms with E-state index in [4.69, 9.17) is 4.74 Å². The van der Waals surface area contributed by atoms with Crippen LogP contribution in [-0.2, 0) is 4.79 Å². The number of rotatable bonds is 2. The maximum Gasteiger partial charge on any atom is 0.137 e. The van der Waals surface area contributed by atoms with Crippen LogP contribution in [0.25, 0.3) is 0 Å². The van der Waals surface area contributed by atoms with Crippen LogP contribution in [0.15, 0.2) is 22.7 Å². The zero-order chi connectivity index (χ0) is 12.7. The summed E-state index contributed by atoms with van der Waals surface area (Å²) < 4.78 is 6.23. The Morgan fingerprint density at radius 3 is 2.50 bits per heavy atom. The topological polar surface area (TPSA) is 29.5 Å². The molecule has 0 N–H and O–H groups in total. The van der Waals surface area contributed by atoms with Crippen molar-refractivity contribution in [3.63, 3.8) is 0 Å². The quantitative estimate of drug-likeness (QED) is 0.840. The molecule has 0 saturated carbocycles. The van der Waals surface area contributed by atoms with Gasteiger partial charge in [0.25, 0.3) is 0 Å². The Morgan fingerprint density at radius 1 is 1.28 bits per heavy atom.